The van der Waals surface area contributed by atoms with Crippen LogP contribution < -0.4 is 15.6 Å². The molecule has 0 unspecified atom stereocenters. The Bertz CT molecular complexity index is 1690. The highest BCUT2D eigenvalue weighted by atomic mass is 19.1. The zero-order chi connectivity index (χ0) is 30.6. The number of aromatic nitrogens is 2. The van der Waals surface area contributed by atoms with E-state index in [0.717, 1.165) is 12.1 Å². The van der Waals surface area contributed by atoms with Crippen molar-refractivity contribution in [3.8, 4) is 17.6 Å². The van der Waals surface area contributed by atoms with E-state index in [0.29, 0.717) is 29.7 Å². The largest absolute Gasteiger partial charge is 0.445 e. The highest BCUT2D eigenvalue weighted by Gasteiger charge is 2.61. The summed E-state index contributed by atoms with van der Waals surface area (Å²) in [5.74, 6) is -5.51. The van der Waals surface area contributed by atoms with E-state index in [1.807, 2.05) is 0 Å². The molecule has 0 spiro atoms. The number of nitrogens with zero attached hydrogens (tertiary/aromatic N) is 3. The summed E-state index contributed by atoms with van der Waals surface area (Å²) in [6, 6.07) is 7.73. The smallest absolute Gasteiger partial charge is 0.307 e. The second-order valence-electron chi connectivity index (χ2n) is 11.4. The van der Waals surface area contributed by atoms with E-state index in [1.54, 1.807) is 38.7 Å². The van der Waals surface area contributed by atoms with Gasteiger partial charge < -0.3 is 15.0 Å². The number of carbonyl (C=O) groups excluding carboxylic acids is 2. The third-order valence-corrected chi connectivity index (χ3v) is 8.17. The van der Waals surface area contributed by atoms with Crippen molar-refractivity contribution < 1.29 is 27.5 Å². The highest BCUT2D eigenvalue weighted by Crippen LogP contribution is 2.54. The van der Waals surface area contributed by atoms with Crippen LogP contribution in [0.1, 0.15) is 60.3 Å². The molecule has 42 heavy (non-hydrogen) atoms. The Morgan fingerprint density at radius 1 is 1.17 bits per heavy atom. The summed E-state index contributed by atoms with van der Waals surface area (Å²) in [5, 5.41) is 18.3. The standard InChI is InChI=1S/C30H28F3N5O4/c1-15-9-18(31)5-6-19(15)30-8-7-24(29(3,4)14-34)38(30)28(41)22(13-30)35-26(39)17-11-20(32)25(21(33)12-17)42-23-10-16(2)36-37-27(23)40/h5-6,9-12,22,24H,7-8,13H2,1-4H3,(H,35,39)(H,37,40)/t22-,24+,30+/m0/s1. The number of rotatable bonds is 6. The molecule has 9 nitrogen and oxygen atoms in total. The average molecular weight is 580 g/mol. The first-order chi connectivity index (χ1) is 19.8. The van der Waals surface area contributed by atoms with E-state index in [-0.39, 0.29) is 12.2 Å². The lowest BCUT2D eigenvalue weighted by Crippen LogP contribution is -2.50. The molecule has 2 saturated heterocycles. The van der Waals surface area contributed by atoms with Gasteiger partial charge in [-0.1, -0.05) is 6.07 Å². The van der Waals surface area contributed by atoms with Crippen molar-refractivity contribution in [1.82, 2.24) is 20.4 Å². The van der Waals surface area contributed by atoms with Gasteiger partial charge in [-0.2, -0.15) is 10.4 Å². The number of H-pyrrole nitrogens is 1. The van der Waals surface area contributed by atoms with Crippen LogP contribution in [-0.2, 0) is 10.3 Å². The van der Waals surface area contributed by atoms with Crippen molar-refractivity contribution in [3.05, 3.63) is 86.6 Å². The maximum absolute atomic E-state index is 14.9. The lowest BCUT2D eigenvalue weighted by molar-refractivity contribution is -0.135. The SMILES string of the molecule is Cc1cc(Oc2c(F)cc(C(=O)N[C@H]3C[C@@]4(c5ccc(F)cc5C)CC[C@H](C(C)(C)C#N)N4C3=O)cc2F)c(=O)[nH]n1. The number of fused-ring (bicyclic) bond motifs is 1. The molecule has 2 N–H and O–H groups in total. The van der Waals surface area contributed by atoms with E-state index in [9.17, 15) is 32.8 Å². The maximum Gasteiger partial charge on any atom is 0.307 e. The summed E-state index contributed by atoms with van der Waals surface area (Å²) in [4.78, 5) is 40.6. The van der Waals surface area contributed by atoms with Crippen LogP contribution in [0.25, 0.3) is 0 Å². The van der Waals surface area contributed by atoms with Crippen LogP contribution in [0.15, 0.2) is 41.2 Å². The van der Waals surface area contributed by atoms with Gasteiger partial charge in [-0.25, -0.2) is 18.3 Å². The van der Waals surface area contributed by atoms with Gasteiger partial charge >= 0.3 is 5.56 Å². The Labute approximate surface area is 239 Å². The molecule has 5 rings (SSSR count). The second-order valence-corrected chi connectivity index (χ2v) is 11.4. The number of nitriles is 1. The van der Waals surface area contributed by atoms with Gasteiger partial charge in [0.1, 0.15) is 11.9 Å². The van der Waals surface area contributed by atoms with Crippen molar-refractivity contribution in [2.24, 2.45) is 5.41 Å². The molecule has 0 saturated carbocycles. The van der Waals surface area contributed by atoms with Crippen LogP contribution in [0, 0.1) is 48.0 Å². The molecule has 2 aliphatic heterocycles. The number of ether oxygens (including phenoxy) is 1. The van der Waals surface area contributed by atoms with Crippen molar-refractivity contribution in [2.45, 2.75) is 64.6 Å². The van der Waals surface area contributed by atoms with Gasteiger partial charge in [0.25, 0.3) is 5.91 Å². The van der Waals surface area contributed by atoms with Crippen molar-refractivity contribution in [2.75, 3.05) is 0 Å². The fourth-order valence-electron chi connectivity index (χ4n) is 6.17. The van der Waals surface area contributed by atoms with Gasteiger partial charge in [-0.05, 0) is 75.9 Å². The molecule has 0 bridgehead atoms. The van der Waals surface area contributed by atoms with E-state index in [1.165, 1.54) is 18.2 Å². The molecular formula is C30H28F3N5O4. The Hall–Kier alpha value is -4.66. The molecule has 2 amide bonds. The fourth-order valence-corrected chi connectivity index (χ4v) is 6.17. The summed E-state index contributed by atoms with van der Waals surface area (Å²) in [5.41, 5.74) is -1.35. The number of halogens is 3. The van der Waals surface area contributed by atoms with E-state index in [4.69, 9.17) is 4.74 Å². The van der Waals surface area contributed by atoms with Gasteiger partial charge in [0.2, 0.25) is 5.91 Å². The molecule has 2 aliphatic rings. The van der Waals surface area contributed by atoms with Gasteiger partial charge in [-0.3, -0.25) is 14.4 Å². The Morgan fingerprint density at radius 2 is 1.86 bits per heavy atom. The molecule has 1 aromatic heterocycles. The molecule has 0 aliphatic carbocycles. The van der Waals surface area contributed by atoms with Crippen molar-refractivity contribution >= 4 is 11.8 Å². The highest BCUT2D eigenvalue weighted by molar-refractivity contribution is 5.98. The van der Waals surface area contributed by atoms with Crippen molar-refractivity contribution in [3.63, 3.8) is 0 Å². The number of nitrogens with one attached hydrogen (secondary N) is 2. The number of benzene rings is 2. The first-order valence-corrected chi connectivity index (χ1v) is 13.3. The average Bonchev–Trinajstić information content (AvgIpc) is 3.43. The number of aromatic amines is 1. The minimum absolute atomic E-state index is 0.123. The predicted molar refractivity (Wildman–Crippen MR) is 144 cm³/mol. The van der Waals surface area contributed by atoms with E-state index < -0.39 is 69.2 Å². The zero-order valence-corrected chi connectivity index (χ0v) is 23.3. The monoisotopic (exact) mass is 579 g/mol. The molecular weight excluding hydrogens is 551 g/mol. The van der Waals surface area contributed by atoms with Gasteiger partial charge in [-0.15, -0.1) is 0 Å². The van der Waals surface area contributed by atoms with Gasteiger partial charge in [0.05, 0.1) is 28.8 Å². The quantitative estimate of drug-likeness (QED) is 0.442. The number of carbonyl (C=O) groups is 2. The summed E-state index contributed by atoms with van der Waals surface area (Å²) in [6.45, 7) is 6.76. The number of amides is 2. The maximum atomic E-state index is 14.9. The Morgan fingerprint density at radius 3 is 2.50 bits per heavy atom. The zero-order valence-electron chi connectivity index (χ0n) is 23.3. The molecule has 2 fully saturated rings. The molecule has 2 aromatic carbocycles. The van der Waals surface area contributed by atoms with Gasteiger partial charge in [0, 0.05) is 18.1 Å². The van der Waals surface area contributed by atoms with E-state index >= 15 is 0 Å². The molecule has 3 atom stereocenters. The lowest BCUT2D eigenvalue weighted by atomic mass is 9.82. The van der Waals surface area contributed by atoms with Crippen LogP contribution in [0.5, 0.6) is 11.5 Å². The molecule has 218 valence electrons. The fraction of sp³-hybridized carbons (Fsp3) is 0.367. The minimum atomic E-state index is -1.23. The van der Waals surface area contributed by atoms with Crippen molar-refractivity contribution in [1.29, 1.82) is 5.26 Å². The topological polar surface area (TPSA) is 128 Å². The normalized spacial score (nSPS) is 21.7. The van der Waals surface area contributed by atoms with Crippen LogP contribution >= 0.6 is 0 Å². The van der Waals surface area contributed by atoms with Crippen LogP contribution in [0.4, 0.5) is 13.2 Å². The van der Waals surface area contributed by atoms with Crippen LogP contribution in [0.2, 0.25) is 0 Å². The summed E-state index contributed by atoms with van der Waals surface area (Å²) in [6.07, 6.45) is 1.14. The molecule has 3 heterocycles. The Balaban J connectivity index is 1.45. The second kappa shape index (κ2) is 10.3. The number of hydrogen-bond donors (Lipinski definition) is 2. The Kier molecular flexibility index (Phi) is 7.08. The predicted octanol–water partition coefficient (Wildman–Crippen LogP) is 4.53. The molecule has 0 radical (unpaired) electrons. The molecule has 12 heteroatoms. The first kappa shape index (κ1) is 28.9. The third-order valence-electron chi connectivity index (χ3n) is 8.17. The summed E-state index contributed by atoms with van der Waals surface area (Å²) in [7, 11) is 0. The summed E-state index contributed by atoms with van der Waals surface area (Å²) < 4.78 is 49.0. The lowest BCUT2D eigenvalue weighted by Gasteiger charge is -2.40. The van der Waals surface area contributed by atoms with E-state index in [2.05, 4.69) is 21.6 Å². The number of aryl methyl sites for hydroxylation is 2. The third kappa shape index (κ3) is 4.78. The number of hydrogen-bond acceptors (Lipinski definition) is 6. The van der Waals surface area contributed by atoms with Crippen LogP contribution in [-0.4, -0.2) is 39.0 Å². The minimum Gasteiger partial charge on any atom is -0.445 e. The van der Waals surface area contributed by atoms with Gasteiger partial charge in [0.15, 0.2) is 23.1 Å². The molecule has 3 aromatic rings. The first-order valence-electron chi connectivity index (χ1n) is 13.3. The summed E-state index contributed by atoms with van der Waals surface area (Å²) >= 11 is 0. The van der Waals surface area contributed by atoms with Crippen LogP contribution in [0.3, 0.4) is 0 Å².